The minimum absolute atomic E-state index is 0.0506. The van der Waals surface area contributed by atoms with Gasteiger partial charge in [-0.3, -0.25) is 4.79 Å². The summed E-state index contributed by atoms with van der Waals surface area (Å²) in [6.07, 6.45) is 3.44. The predicted octanol–water partition coefficient (Wildman–Crippen LogP) is 2.69. The molecular formula is C30H55NO10. The molecule has 0 saturated carbocycles. The molecular weight excluding hydrogens is 534 g/mol. The molecule has 0 N–H and O–H groups in total. The highest BCUT2D eigenvalue weighted by molar-refractivity contribution is 5.77. The van der Waals surface area contributed by atoms with E-state index in [4.69, 9.17) is 37.9 Å². The average molecular weight is 590 g/mol. The summed E-state index contributed by atoms with van der Waals surface area (Å²) in [5, 5.41) is 0. The highest BCUT2D eigenvalue weighted by Crippen LogP contribution is 2.40. The van der Waals surface area contributed by atoms with E-state index in [1.54, 1.807) is 14.0 Å². The summed E-state index contributed by atoms with van der Waals surface area (Å²) >= 11 is 0. The van der Waals surface area contributed by atoms with Crippen molar-refractivity contribution in [3.63, 3.8) is 0 Å². The molecule has 0 aromatic rings. The number of likely N-dealkylation sites (tertiary alicyclic amines) is 1. The Morgan fingerprint density at radius 3 is 1.32 bits per heavy atom. The first-order chi connectivity index (χ1) is 19.9. The third-order valence-electron chi connectivity index (χ3n) is 6.60. The number of nitrogens with zero attached hydrogens (tertiary/aromatic N) is 1. The van der Waals surface area contributed by atoms with Gasteiger partial charge in [0.2, 0.25) is 5.91 Å². The number of allylic oxidation sites excluding steroid dienone is 1. The van der Waals surface area contributed by atoms with Crippen molar-refractivity contribution in [2.45, 2.75) is 46.0 Å². The second kappa shape index (κ2) is 25.1. The topological polar surface area (TPSA) is 111 Å². The van der Waals surface area contributed by atoms with Crippen molar-refractivity contribution in [2.75, 3.05) is 119 Å². The van der Waals surface area contributed by atoms with E-state index in [0.29, 0.717) is 125 Å². The van der Waals surface area contributed by atoms with Gasteiger partial charge in [0.15, 0.2) is 0 Å². The summed E-state index contributed by atoms with van der Waals surface area (Å²) in [7, 11) is 1.64. The first-order valence-electron chi connectivity index (χ1n) is 14.8. The van der Waals surface area contributed by atoms with E-state index in [1.165, 1.54) is 0 Å². The van der Waals surface area contributed by atoms with Gasteiger partial charge in [-0.1, -0.05) is 5.57 Å². The molecule has 11 nitrogen and oxygen atoms in total. The molecule has 0 radical (unpaired) electrons. The molecule has 1 fully saturated rings. The molecule has 1 amide bonds. The van der Waals surface area contributed by atoms with Crippen LogP contribution in [0, 0.1) is 5.41 Å². The Morgan fingerprint density at radius 1 is 0.610 bits per heavy atom. The molecule has 1 rings (SSSR count). The van der Waals surface area contributed by atoms with Gasteiger partial charge in [0, 0.05) is 26.6 Å². The lowest BCUT2D eigenvalue weighted by molar-refractivity contribution is -0.135. The van der Waals surface area contributed by atoms with Crippen LogP contribution in [0.25, 0.3) is 0 Å². The van der Waals surface area contributed by atoms with Crippen molar-refractivity contribution in [2.24, 2.45) is 5.41 Å². The third kappa shape index (κ3) is 21.0. The maximum atomic E-state index is 12.6. The van der Waals surface area contributed by atoms with Crippen LogP contribution in [0.2, 0.25) is 0 Å². The number of Topliss-reactive ketones (excluding diaryl/α,β-unsaturated/α-hetero) is 1. The van der Waals surface area contributed by atoms with Crippen molar-refractivity contribution in [1.29, 1.82) is 0 Å². The quantitative estimate of drug-likeness (QED) is 0.0998. The fourth-order valence-corrected chi connectivity index (χ4v) is 4.70. The summed E-state index contributed by atoms with van der Waals surface area (Å²) in [4.78, 5) is 26.2. The summed E-state index contributed by atoms with van der Waals surface area (Å²) in [6, 6.07) is 0. The zero-order chi connectivity index (χ0) is 30.0. The van der Waals surface area contributed by atoms with Crippen LogP contribution in [0.15, 0.2) is 12.2 Å². The van der Waals surface area contributed by atoms with Crippen LogP contribution in [0.5, 0.6) is 0 Å². The zero-order valence-electron chi connectivity index (χ0n) is 25.8. The Balaban J connectivity index is 1.85. The Morgan fingerprint density at radius 2 is 0.976 bits per heavy atom. The Labute approximate surface area is 247 Å². The van der Waals surface area contributed by atoms with Gasteiger partial charge in [-0.15, -0.1) is 6.58 Å². The molecule has 0 bridgehead atoms. The van der Waals surface area contributed by atoms with Gasteiger partial charge in [-0.05, 0) is 38.5 Å². The lowest BCUT2D eigenvalue weighted by atomic mass is 9.71. The lowest BCUT2D eigenvalue weighted by Crippen LogP contribution is -2.44. The minimum Gasteiger partial charge on any atom is -0.382 e. The number of carbonyl (C=O) groups is 2. The van der Waals surface area contributed by atoms with Crippen LogP contribution < -0.4 is 0 Å². The van der Waals surface area contributed by atoms with Crippen molar-refractivity contribution < 1.29 is 47.5 Å². The van der Waals surface area contributed by atoms with E-state index in [9.17, 15) is 9.59 Å². The maximum absolute atomic E-state index is 12.6. The number of methoxy groups -OCH3 is 1. The Kier molecular flexibility index (Phi) is 23.0. The molecule has 0 aliphatic carbocycles. The highest BCUT2D eigenvalue weighted by atomic mass is 16.6. The van der Waals surface area contributed by atoms with Gasteiger partial charge in [0.05, 0.1) is 106 Å². The standard InChI is InChI=1S/C30H55NO10/c1-27(2)25-30(26-28(3)32)6-8-31(9-7-30)29(33)5-10-35-13-14-37-17-18-39-21-22-41-24-23-40-20-19-38-16-15-36-12-11-34-4/h1,5-26H2,2-4H3. The molecule has 1 heterocycles. The smallest absolute Gasteiger partial charge is 0.224 e. The minimum atomic E-state index is -0.0506. The summed E-state index contributed by atoms with van der Waals surface area (Å²) in [6.45, 7) is 16.6. The van der Waals surface area contributed by atoms with Gasteiger partial charge in [-0.25, -0.2) is 0 Å². The number of rotatable bonds is 28. The molecule has 1 aliphatic rings. The van der Waals surface area contributed by atoms with E-state index in [-0.39, 0.29) is 17.1 Å². The van der Waals surface area contributed by atoms with Crippen molar-refractivity contribution >= 4 is 11.7 Å². The fraction of sp³-hybridized carbons (Fsp3) is 0.867. The van der Waals surface area contributed by atoms with Gasteiger partial charge in [0.1, 0.15) is 5.78 Å². The molecule has 0 unspecified atom stereocenters. The third-order valence-corrected chi connectivity index (χ3v) is 6.60. The van der Waals surface area contributed by atoms with Crippen molar-refractivity contribution in [3.05, 3.63) is 12.2 Å². The van der Waals surface area contributed by atoms with Crippen molar-refractivity contribution in [1.82, 2.24) is 4.90 Å². The van der Waals surface area contributed by atoms with E-state index >= 15 is 0 Å². The number of hydrogen-bond donors (Lipinski definition) is 0. The molecule has 0 aromatic heterocycles. The van der Waals surface area contributed by atoms with Gasteiger partial charge >= 0.3 is 0 Å². The molecule has 0 aromatic carbocycles. The molecule has 1 aliphatic heterocycles. The molecule has 1 saturated heterocycles. The van der Waals surface area contributed by atoms with Gasteiger partial charge in [0.25, 0.3) is 0 Å². The average Bonchev–Trinajstić information content (AvgIpc) is 2.93. The molecule has 41 heavy (non-hydrogen) atoms. The molecule has 240 valence electrons. The van der Waals surface area contributed by atoms with Crippen LogP contribution in [0.1, 0.15) is 46.0 Å². The van der Waals surface area contributed by atoms with E-state index in [1.807, 2.05) is 11.8 Å². The van der Waals surface area contributed by atoms with Crippen molar-refractivity contribution in [3.8, 4) is 0 Å². The number of ether oxygens (including phenoxy) is 8. The predicted molar refractivity (Wildman–Crippen MR) is 155 cm³/mol. The monoisotopic (exact) mass is 589 g/mol. The van der Waals surface area contributed by atoms with Crippen LogP contribution in [-0.2, 0) is 47.5 Å². The highest BCUT2D eigenvalue weighted by Gasteiger charge is 2.36. The zero-order valence-corrected chi connectivity index (χ0v) is 25.8. The normalized spacial score (nSPS) is 14.9. The molecule has 0 atom stereocenters. The summed E-state index contributed by atoms with van der Waals surface area (Å²) < 4.78 is 43.0. The SMILES string of the molecule is C=C(C)CC1(CC(C)=O)CCN(C(=O)CCOCCOCCOCCOCCOCCOCCOCCOC)CC1. The summed E-state index contributed by atoms with van der Waals surface area (Å²) in [5.41, 5.74) is 1.04. The first kappa shape index (κ1) is 37.6. The second-order valence-electron chi connectivity index (χ2n) is 10.4. The Bertz CT molecular complexity index is 664. The number of carbonyl (C=O) groups excluding carboxylic acids is 2. The van der Waals surface area contributed by atoms with Gasteiger partial charge in [-0.2, -0.15) is 0 Å². The van der Waals surface area contributed by atoms with Crippen LogP contribution >= 0.6 is 0 Å². The number of ketones is 1. The summed E-state index contributed by atoms with van der Waals surface area (Å²) in [5.74, 6) is 0.304. The molecule has 0 spiro atoms. The number of piperidine rings is 1. The molecule has 11 heteroatoms. The van der Waals surface area contributed by atoms with Crippen LogP contribution in [0.4, 0.5) is 0 Å². The first-order valence-corrected chi connectivity index (χ1v) is 14.8. The van der Waals surface area contributed by atoms with E-state index < -0.39 is 0 Å². The van der Waals surface area contributed by atoms with Gasteiger partial charge < -0.3 is 47.6 Å². The largest absolute Gasteiger partial charge is 0.382 e. The van der Waals surface area contributed by atoms with Crippen LogP contribution in [-0.4, -0.2) is 136 Å². The number of amides is 1. The number of hydrogen-bond acceptors (Lipinski definition) is 10. The second-order valence-corrected chi connectivity index (χ2v) is 10.4. The maximum Gasteiger partial charge on any atom is 0.224 e. The van der Waals surface area contributed by atoms with Crippen LogP contribution in [0.3, 0.4) is 0 Å². The van der Waals surface area contributed by atoms with E-state index in [2.05, 4.69) is 6.58 Å². The Hall–Kier alpha value is -1.44. The lowest BCUT2D eigenvalue weighted by Gasteiger charge is -2.42. The van der Waals surface area contributed by atoms with E-state index in [0.717, 1.165) is 24.8 Å². The fourth-order valence-electron chi connectivity index (χ4n) is 4.70.